The summed E-state index contributed by atoms with van der Waals surface area (Å²) in [5.74, 6) is -0.446. The minimum atomic E-state index is -0.599. The Hall–Kier alpha value is -2.84. The van der Waals surface area contributed by atoms with Crippen LogP contribution < -0.4 is 5.32 Å². The number of aryl methyl sites for hydroxylation is 1. The number of hydrogen-bond donors (Lipinski definition) is 2. The maximum absolute atomic E-state index is 12.5. The summed E-state index contributed by atoms with van der Waals surface area (Å²) in [6.45, 7) is 5.63. The van der Waals surface area contributed by atoms with Gasteiger partial charge in [0.25, 0.3) is 11.6 Å². The van der Waals surface area contributed by atoms with Gasteiger partial charge in [0.2, 0.25) is 0 Å². The number of aromatic hydroxyl groups is 1. The Morgan fingerprint density at radius 1 is 1.21 bits per heavy atom. The molecule has 1 amide bonds. The molecule has 9 heteroatoms. The number of phenols is 1. The van der Waals surface area contributed by atoms with Gasteiger partial charge in [-0.15, -0.1) is 0 Å². The molecule has 1 heterocycles. The fraction of sp³-hybridized carbons (Fsp3) is 0.150. The first kappa shape index (κ1) is 22.4. The van der Waals surface area contributed by atoms with E-state index in [1.807, 2.05) is 13.8 Å². The van der Waals surface area contributed by atoms with E-state index in [2.05, 4.69) is 21.2 Å². The Labute approximate surface area is 180 Å². The Balaban J connectivity index is 0.00000145. The lowest BCUT2D eigenvalue weighted by molar-refractivity contribution is -0.384. The fourth-order valence-corrected chi connectivity index (χ4v) is 3.05. The standard InChI is InChI=1S/C18H12BrClN2O5.C2H6/c1-9-6-10(22(25)26)2-3-14(9)21-18(24)12-7-13(20)11(8-15(12)23)16-4-5-17(19)27-16;1-2/h2-8,23H,1H3,(H,21,24);1-2H3. The Morgan fingerprint density at radius 2 is 1.90 bits per heavy atom. The molecule has 7 nitrogen and oxygen atoms in total. The van der Waals surface area contributed by atoms with Crippen molar-refractivity contribution in [2.24, 2.45) is 0 Å². The van der Waals surface area contributed by atoms with Crippen LogP contribution in [0.3, 0.4) is 0 Å². The number of hydrogen-bond acceptors (Lipinski definition) is 5. The molecule has 29 heavy (non-hydrogen) atoms. The van der Waals surface area contributed by atoms with E-state index in [9.17, 15) is 20.0 Å². The van der Waals surface area contributed by atoms with Gasteiger partial charge in [0.1, 0.15) is 11.5 Å². The zero-order chi connectivity index (χ0) is 21.7. The molecular formula is C20H18BrClN2O5. The molecule has 3 aromatic rings. The molecule has 152 valence electrons. The van der Waals surface area contributed by atoms with Crippen LogP contribution in [0.1, 0.15) is 29.8 Å². The van der Waals surface area contributed by atoms with Gasteiger partial charge < -0.3 is 14.8 Å². The number of carbonyl (C=O) groups excluding carboxylic acids is 1. The van der Waals surface area contributed by atoms with Crippen LogP contribution in [0.15, 0.2) is 51.6 Å². The highest BCUT2D eigenvalue weighted by atomic mass is 79.9. The van der Waals surface area contributed by atoms with Gasteiger partial charge in [-0.05, 0) is 58.7 Å². The zero-order valence-corrected chi connectivity index (χ0v) is 18.2. The molecule has 0 atom stereocenters. The lowest BCUT2D eigenvalue weighted by atomic mass is 10.1. The number of amides is 1. The van der Waals surface area contributed by atoms with Crippen molar-refractivity contribution in [3.63, 3.8) is 0 Å². The molecule has 0 aliphatic heterocycles. The van der Waals surface area contributed by atoms with Gasteiger partial charge in [0.05, 0.1) is 15.5 Å². The number of carbonyl (C=O) groups is 1. The molecule has 2 aromatic carbocycles. The predicted octanol–water partition coefficient (Wildman–Crippen LogP) is 6.56. The molecule has 1 aromatic heterocycles. The van der Waals surface area contributed by atoms with Crippen LogP contribution in [0.25, 0.3) is 11.3 Å². The van der Waals surface area contributed by atoms with Gasteiger partial charge in [-0.3, -0.25) is 14.9 Å². The molecule has 2 N–H and O–H groups in total. The number of halogens is 2. The van der Waals surface area contributed by atoms with E-state index in [1.54, 1.807) is 19.1 Å². The number of nitrogens with one attached hydrogen (secondary N) is 1. The highest BCUT2D eigenvalue weighted by molar-refractivity contribution is 9.10. The Kier molecular flexibility index (Phi) is 7.41. The molecule has 0 fully saturated rings. The van der Waals surface area contributed by atoms with Crippen molar-refractivity contribution in [1.29, 1.82) is 0 Å². The quantitative estimate of drug-likeness (QED) is 0.324. The molecule has 0 unspecified atom stereocenters. The molecule has 0 saturated heterocycles. The van der Waals surface area contributed by atoms with Crippen molar-refractivity contribution in [3.05, 3.63) is 73.4 Å². The van der Waals surface area contributed by atoms with E-state index in [0.717, 1.165) is 0 Å². The average Bonchev–Trinajstić information content (AvgIpc) is 3.12. The third kappa shape index (κ3) is 5.16. The van der Waals surface area contributed by atoms with E-state index < -0.39 is 10.8 Å². The third-order valence-electron chi connectivity index (χ3n) is 3.84. The number of nitrogens with zero attached hydrogens (tertiary/aromatic N) is 1. The lowest BCUT2D eigenvalue weighted by Crippen LogP contribution is -2.13. The summed E-state index contributed by atoms with van der Waals surface area (Å²) in [6, 6.07) is 10.1. The van der Waals surface area contributed by atoms with Crippen LogP contribution in [0.4, 0.5) is 11.4 Å². The van der Waals surface area contributed by atoms with Crippen molar-refractivity contribution in [2.45, 2.75) is 20.8 Å². The van der Waals surface area contributed by atoms with Crippen LogP contribution in [0.5, 0.6) is 5.75 Å². The van der Waals surface area contributed by atoms with Crippen molar-refractivity contribution in [3.8, 4) is 17.1 Å². The summed E-state index contributed by atoms with van der Waals surface area (Å²) >= 11 is 9.43. The number of nitro benzene ring substituents is 1. The minimum Gasteiger partial charge on any atom is -0.507 e. The van der Waals surface area contributed by atoms with Gasteiger partial charge in [-0.1, -0.05) is 25.4 Å². The second-order valence-corrected chi connectivity index (χ2v) is 6.85. The predicted molar refractivity (Wildman–Crippen MR) is 116 cm³/mol. The maximum Gasteiger partial charge on any atom is 0.269 e. The van der Waals surface area contributed by atoms with Gasteiger partial charge in [0.15, 0.2) is 4.67 Å². The average molecular weight is 482 g/mol. The smallest absolute Gasteiger partial charge is 0.269 e. The summed E-state index contributed by atoms with van der Waals surface area (Å²) in [7, 11) is 0. The molecule has 0 aliphatic carbocycles. The van der Waals surface area contributed by atoms with Crippen molar-refractivity contribution >= 4 is 44.8 Å². The highest BCUT2D eigenvalue weighted by Gasteiger charge is 2.18. The highest BCUT2D eigenvalue weighted by Crippen LogP contribution is 2.36. The largest absolute Gasteiger partial charge is 0.507 e. The summed E-state index contributed by atoms with van der Waals surface area (Å²) in [6.07, 6.45) is 0. The van der Waals surface area contributed by atoms with E-state index in [0.29, 0.717) is 27.2 Å². The SMILES string of the molecule is CC.Cc1cc([N+](=O)[O-])ccc1NC(=O)c1cc(Cl)c(-c2ccc(Br)o2)cc1O. The fourth-order valence-electron chi connectivity index (χ4n) is 2.48. The number of rotatable bonds is 4. The maximum atomic E-state index is 12.5. The van der Waals surface area contributed by atoms with Crippen molar-refractivity contribution in [1.82, 2.24) is 0 Å². The number of anilines is 1. The summed E-state index contributed by atoms with van der Waals surface area (Å²) in [5, 5.41) is 23.9. The molecular weight excluding hydrogens is 464 g/mol. The lowest BCUT2D eigenvalue weighted by Gasteiger charge is -2.11. The summed E-state index contributed by atoms with van der Waals surface area (Å²) in [4.78, 5) is 22.8. The molecule has 0 radical (unpaired) electrons. The second kappa shape index (κ2) is 9.58. The zero-order valence-electron chi connectivity index (χ0n) is 15.8. The van der Waals surface area contributed by atoms with Crippen LogP contribution >= 0.6 is 27.5 Å². The van der Waals surface area contributed by atoms with Gasteiger partial charge in [-0.2, -0.15) is 0 Å². The minimum absolute atomic E-state index is 0.0351. The normalized spacial score (nSPS) is 10.1. The van der Waals surface area contributed by atoms with Crippen LogP contribution in [0, 0.1) is 17.0 Å². The molecule has 0 spiro atoms. The summed E-state index contributed by atoms with van der Waals surface area (Å²) in [5.41, 5.74) is 1.22. The van der Waals surface area contributed by atoms with E-state index >= 15 is 0 Å². The number of phenolic OH excluding ortho intramolecular Hbond substituents is 1. The van der Waals surface area contributed by atoms with Crippen LogP contribution in [-0.2, 0) is 0 Å². The van der Waals surface area contributed by atoms with Gasteiger partial charge in [-0.25, -0.2) is 0 Å². The first-order chi connectivity index (χ1) is 13.8. The van der Waals surface area contributed by atoms with Crippen LogP contribution in [-0.4, -0.2) is 15.9 Å². The topological polar surface area (TPSA) is 106 Å². The van der Waals surface area contributed by atoms with Gasteiger partial charge >= 0.3 is 0 Å². The number of furan rings is 1. The third-order valence-corrected chi connectivity index (χ3v) is 4.58. The molecule has 0 aliphatic rings. The molecule has 3 rings (SSSR count). The number of benzene rings is 2. The Morgan fingerprint density at radius 3 is 2.45 bits per heavy atom. The second-order valence-electron chi connectivity index (χ2n) is 5.66. The van der Waals surface area contributed by atoms with Crippen LogP contribution in [0.2, 0.25) is 5.02 Å². The Bertz CT molecular complexity index is 1070. The van der Waals surface area contributed by atoms with E-state index in [-0.39, 0.29) is 22.0 Å². The summed E-state index contributed by atoms with van der Waals surface area (Å²) < 4.78 is 5.92. The first-order valence-corrected chi connectivity index (χ1v) is 9.78. The van der Waals surface area contributed by atoms with Crippen molar-refractivity contribution in [2.75, 3.05) is 5.32 Å². The van der Waals surface area contributed by atoms with E-state index in [1.165, 1.54) is 30.3 Å². The van der Waals surface area contributed by atoms with E-state index in [4.69, 9.17) is 16.0 Å². The van der Waals surface area contributed by atoms with Crippen molar-refractivity contribution < 1.29 is 19.2 Å². The monoisotopic (exact) mass is 480 g/mol. The first-order valence-electron chi connectivity index (χ1n) is 8.61. The number of nitro groups is 1. The molecule has 0 bridgehead atoms. The van der Waals surface area contributed by atoms with Gasteiger partial charge in [0, 0.05) is 23.4 Å². The molecule has 0 saturated carbocycles. The number of non-ortho nitro benzene ring substituents is 1.